The topological polar surface area (TPSA) is 22.1 Å². The smallest absolute Gasteiger partial charge is 0.221 e. The first kappa shape index (κ1) is 11.9. The Morgan fingerprint density at radius 2 is 2.18 bits per heavy atom. The Kier molecular flexibility index (Phi) is 3.59. The molecule has 0 aliphatic rings. The summed E-state index contributed by atoms with van der Waals surface area (Å²) in [5.74, 6) is 0.0925. The van der Waals surface area contributed by atoms with Crippen LogP contribution in [0.1, 0.15) is 6.92 Å². The summed E-state index contributed by atoms with van der Waals surface area (Å²) >= 11 is 5.76. The number of halogens is 2. The number of ether oxygens (including phenoxy) is 1. The minimum atomic E-state index is -0.433. The SMILES string of the molecule is CCOc1ncccc1-c1ccc(F)c(Cl)c1. The zero-order chi connectivity index (χ0) is 12.3. The molecule has 0 saturated heterocycles. The number of nitrogens with zero attached hydrogens (tertiary/aromatic N) is 1. The van der Waals surface area contributed by atoms with E-state index < -0.39 is 5.82 Å². The van der Waals surface area contributed by atoms with Crippen LogP contribution >= 0.6 is 11.6 Å². The van der Waals surface area contributed by atoms with Crippen molar-refractivity contribution in [3.63, 3.8) is 0 Å². The van der Waals surface area contributed by atoms with Crippen LogP contribution in [0.25, 0.3) is 11.1 Å². The van der Waals surface area contributed by atoms with E-state index in [9.17, 15) is 4.39 Å². The van der Waals surface area contributed by atoms with Gasteiger partial charge in [0, 0.05) is 11.8 Å². The van der Waals surface area contributed by atoms with E-state index in [2.05, 4.69) is 4.98 Å². The van der Waals surface area contributed by atoms with Crippen LogP contribution in [0.4, 0.5) is 4.39 Å². The highest BCUT2D eigenvalue weighted by atomic mass is 35.5. The normalized spacial score (nSPS) is 10.3. The van der Waals surface area contributed by atoms with Gasteiger partial charge in [0.1, 0.15) is 5.82 Å². The van der Waals surface area contributed by atoms with Gasteiger partial charge in [0.05, 0.1) is 11.6 Å². The van der Waals surface area contributed by atoms with Crippen molar-refractivity contribution in [3.05, 3.63) is 47.4 Å². The third-order valence-corrected chi connectivity index (χ3v) is 2.57. The summed E-state index contributed by atoms with van der Waals surface area (Å²) in [4.78, 5) is 4.14. The second-order valence-corrected chi connectivity index (χ2v) is 3.83. The Bertz CT molecular complexity index is 531. The lowest BCUT2D eigenvalue weighted by atomic mass is 10.1. The number of aromatic nitrogens is 1. The zero-order valence-electron chi connectivity index (χ0n) is 9.28. The number of hydrogen-bond acceptors (Lipinski definition) is 2. The van der Waals surface area contributed by atoms with E-state index in [1.54, 1.807) is 24.4 Å². The van der Waals surface area contributed by atoms with Crippen LogP contribution in [0.3, 0.4) is 0 Å². The molecule has 0 fully saturated rings. The largest absolute Gasteiger partial charge is 0.478 e. The van der Waals surface area contributed by atoms with E-state index in [4.69, 9.17) is 16.3 Å². The van der Waals surface area contributed by atoms with E-state index in [0.29, 0.717) is 12.5 Å². The molecule has 0 N–H and O–H groups in total. The third kappa shape index (κ3) is 2.56. The molecule has 17 heavy (non-hydrogen) atoms. The molecule has 0 amide bonds. The molecule has 0 unspecified atom stereocenters. The van der Waals surface area contributed by atoms with Gasteiger partial charge in [-0.25, -0.2) is 9.37 Å². The first-order valence-corrected chi connectivity index (χ1v) is 5.63. The van der Waals surface area contributed by atoms with E-state index >= 15 is 0 Å². The van der Waals surface area contributed by atoms with Gasteiger partial charge in [0.15, 0.2) is 0 Å². The van der Waals surface area contributed by atoms with Crippen molar-refractivity contribution < 1.29 is 9.13 Å². The van der Waals surface area contributed by atoms with Gasteiger partial charge in [0.2, 0.25) is 5.88 Å². The van der Waals surface area contributed by atoms with Gasteiger partial charge in [-0.2, -0.15) is 0 Å². The van der Waals surface area contributed by atoms with Crippen LogP contribution in [0, 0.1) is 5.82 Å². The van der Waals surface area contributed by atoms with Crippen LogP contribution in [0.5, 0.6) is 5.88 Å². The van der Waals surface area contributed by atoms with Gasteiger partial charge in [-0.15, -0.1) is 0 Å². The second-order valence-electron chi connectivity index (χ2n) is 3.42. The molecule has 0 bridgehead atoms. The van der Waals surface area contributed by atoms with Crippen molar-refractivity contribution in [2.75, 3.05) is 6.61 Å². The molecule has 88 valence electrons. The third-order valence-electron chi connectivity index (χ3n) is 2.28. The summed E-state index contributed by atoms with van der Waals surface area (Å²) in [5.41, 5.74) is 1.59. The van der Waals surface area contributed by atoms with E-state index in [1.165, 1.54) is 6.07 Å². The Hall–Kier alpha value is -1.61. The van der Waals surface area contributed by atoms with Gasteiger partial charge in [-0.3, -0.25) is 0 Å². The maximum atomic E-state index is 13.1. The Morgan fingerprint density at radius 3 is 2.88 bits per heavy atom. The molecule has 1 aromatic carbocycles. The summed E-state index contributed by atoms with van der Waals surface area (Å²) in [6.45, 7) is 2.41. The minimum Gasteiger partial charge on any atom is -0.478 e. The molecule has 4 heteroatoms. The molecule has 1 heterocycles. The van der Waals surface area contributed by atoms with Crippen molar-refractivity contribution in [1.82, 2.24) is 4.98 Å². The maximum Gasteiger partial charge on any atom is 0.221 e. The lowest BCUT2D eigenvalue weighted by molar-refractivity contribution is 0.328. The lowest BCUT2D eigenvalue weighted by Gasteiger charge is -2.09. The second kappa shape index (κ2) is 5.15. The fraction of sp³-hybridized carbons (Fsp3) is 0.154. The monoisotopic (exact) mass is 251 g/mol. The molecule has 0 saturated carbocycles. The van der Waals surface area contributed by atoms with Crippen LogP contribution in [0.2, 0.25) is 5.02 Å². The van der Waals surface area contributed by atoms with Gasteiger partial charge < -0.3 is 4.74 Å². The minimum absolute atomic E-state index is 0.0915. The highest BCUT2D eigenvalue weighted by molar-refractivity contribution is 6.31. The number of benzene rings is 1. The summed E-state index contributed by atoms with van der Waals surface area (Å²) in [5, 5.41) is 0.0915. The van der Waals surface area contributed by atoms with Crippen LogP contribution in [-0.2, 0) is 0 Å². The molecule has 2 nitrogen and oxygen atoms in total. The molecular weight excluding hydrogens is 241 g/mol. The highest BCUT2D eigenvalue weighted by Gasteiger charge is 2.08. The molecular formula is C13H11ClFNO. The number of hydrogen-bond donors (Lipinski definition) is 0. The standard InChI is InChI=1S/C13H11ClFNO/c1-2-17-13-10(4-3-7-16-13)9-5-6-12(15)11(14)8-9/h3-8H,2H2,1H3. The molecule has 0 atom stereocenters. The lowest BCUT2D eigenvalue weighted by Crippen LogP contribution is -1.96. The molecule has 2 aromatic rings. The van der Waals surface area contributed by atoms with Crippen molar-refractivity contribution in [1.29, 1.82) is 0 Å². The predicted molar refractivity (Wildman–Crippen MR) is 65.8 cm³/mol. The van der Waals surface area contributed by atoms with E-state index in [0.717, 1.165) is 11.1 Å². The van der Waals surface area contributed by atoms with Crippen molar-refractivity contribution in [3.8, 4) is 17.0 Å². The van der Waals surface area contributed by atoms with Gasteiger partial charge >= 0.3 is 0 Å². The quantitative estimate of drug-likeness (QED) is 0.824. The number of rotatable bonds is 3. The van der Waals surface area contributed by atoms with Gasteiger partial charge in [-0.05, 0) is 36.8 Å². The molecule has 0 radical (unpaired) electrons. The summed E-state index contributed by atoms with van der Waals surface area (Å²) in [6.07, 6.45) is 1.65. The number of pyridine rings is 1. The highest BCUT2D eigenvalue weighted by Crippen LogP contribution is 2.30. The molecule has 0 aliphatic heterocycles. The fourth-order valence-electron chi connectivity index (χ4n) is 1.53. The summed E-state index contributed by atoms with van der Waals surface area (Å²) in [6, 6.07) is 8.22. The summed E-state index contributed by atoms with van der Waals surface area (Å²) in [7, 11) is 0. The van der Waals surface area contributed by atoms with Crippen molar-refractivity contribution in [2.24, 2.45) is 0 Å². The van der Waals surface area contributed by atoms with Crippen molar-refractivity contribution >= 4 is 11.6 Å². The van der Waals surface area contributed by atoms with E-state index in [1.807, 2.05) is 13.0 Å². The first-order valence-electron chi connectivity index (χ1n) is 5.25. The fourth-order valence-corrected chi connectivity index (χ4v) is 1.71. The average molecular weight is 252 g/mol. The predicted octanol–water partition coefficient (Wildman–Crippen LogP) is 3.94. The Morgan fingerprint density at radius 1 is 1.35 bits per heavy atom. The van der Waals surface area contributed by atoms with Crippen LogP contribution in [0.15, 0.2) is 36.5 Å². The first-order chi connectivity index (χ1) is 8.22. The van der Waals surface area contributed by atoms with Gasteiger partial charge in [-0.1, -0.05) is 17.7 Å². The molecule has 0 spiro atoms. The van der Waals surface area contributed by atoms with Crippen LogP contribution < -0.4 is 4.74 Å². The molecule has 1 aromatic heterocycles. The molecule has 2 rings (SSSR count). The van der Waals surface area contributed by atoms with Gasteiger partial charge in [0.25, 0.3) is 0 Å². The summed E-state index contributed by atoms with van der Waals surface area (Å²) < 4.78 is 18.5. The maximum absolute atomic E-state index is 13.1. The van der Waals surface area contributed by atoms with Crippen molar-refractivity contribution in [2.45, 2.75) is 6.92 Å². The Balaban J connectivity index is 2.48. The zero-order valence-corrected chi connectivity index (χ0v) is 10.0. The van der Waals surface area contributed by atoms with Crippen LogP contribution in [-0.4, -0.2) is 11.6 Å². The molecule has 0 aliphatic carbocycles. The average Bonchev–Trinajstić information content (AvgIpc) is 2.34. The van der Waals surface area contributed by atoms with E-state index in [-0.39, 0.29) is 5.02 Å². The Labute approximate surface area is 104 Å².